The van der Waals surface area contributed by atoms with Crippen molar-refractivity contribution in [2.45, 2.75) is 38.9 Å². The molecule has 2 atom stereocenters. The first-order valence-corrected chi connectivity index (χ1v) is 11.0. The molecule has 0 aromatic heterocycles. The van der Waals surface area contributed by atoms with Crippen LogP contribution >= 0.6 is 0 Å². The Morgan fingerprint density at radius 1 is 1.03 bits per heavy atom. The first-order valence-electron chi connectivity index (χ1n) is 11.0. The number of fused-ring (bicyclic) bond motifs is 3. The molecule has 2 aliphatic rings. The quantitative estimate of drug-likeness (QED) is 0.587. The Balaban J connectivity index is 1.41. The zero-order valence-corrected chi connectivity index (χ0v) is 18.3. The Hall–Kier alpha value is -3.05. The molecule has 5 rings (SSSR count). The monoisotopic (exact) mass is 416 g/mol. The molecule has 0 spiro atoms. The predicted molar refractivity (Wildman–Crippen MR) is 122 cm³/mol. The lowest BCUT2D eigenvalue weighted by molar-refractivity contribution is 0.0234. The minimum Gasteiger partial charge on any atom is -0.454 e. The summed E-state index contributed by atoms with van der Waals surface area (Å²) in [6, 6.07) is 19.1. The molecule has 3 aromatic rings. The van der Waals surface area contributed by atoms with E-state index in [2.05, 4.69) is 68.3 Å². The van der Waals surface area contributed by atoms with Gasteiger partial charge in [-0.2, -0.15) is 0 Å². The fraction of sp³-hybridized carbons (Fsp3) is 0.346. The van der Waals surface area contributed by atoms with Crippen molar-refractivity contribution in [3.63, 3.8) is 0 Å². The average Bonchev–Trinajstić information content (AvgIpc) is 3.26. The molecule has 0 N–H and O–H groups in total. The van der Waals surface area contributed by atoms with Crippen LogP contribution in [0.4, 0.5) is 0 Å². The number of nitrogens with zero attached hydrogens (tertiary/aromatic N) is 2. The second-order valence-corrected chi connectivity index (χ2v) is 8.45. The Morgan fingerprint density at radius 3 is 2.55 bits per heavy atom. The molecule has 0 saturated heterocycles. The highest BCUT2D eigenvalue weighted by atomic mass is 16.7. The van der Waals surface area contributed by atoms with Crippen LogP contribution in [0.25, 0.3) is 10.8 Å². The van der Waals surface area contributed by atoms with E-state index in [-0.39, 0.29) is 24.9 Å². The van der Waals surface area contributed by atoms with Crippen molar-refractivity contribution in [3.05, 3.63) is 71.3 Å². The fourth-order valence-electron chi connectivity index (χ4n) is 4.86. The zero-order chi connectivity index (χ0) is 21.5. The van der Waals surface area contributed by atoms with Crippen molar-refractivity contribution >= 4 is 16.7 Å². The summed E-state index contributed by atoms with van der Waals surface area (Å²) in [5, 5.41) is 2.49. The van der Waals surface area contributed by atoms with E-state index >= 15 is 0 Å². The van der Waals surface area contributed by atoms with E-state index in [0.29, 0.717) is 12.3 Å². The lowest BCUT2D eigenvalue weighted by Gasteiger charge is -2.42. The Bertz CT molecular complexity index is 1140. The number of rotatable bonds is 5. The smallest absolute Gasteiger partial charge is 0.255 e. The molecule has 5 nitrogen and oxygen atoms in total. The average molecular weight is 417 g/mol. The van der Waals surface area contributed by atoms with E-state index in [1.54, 1.807) is 0 Å². The second kappa shape index (κ2) is 7.89. The fourth-order valence-corrected chi connectivity index (χ4v) is 4.86. The number of hydrogen-bond donors (Lipinski definition) is 0. The summed E-state index contributed by atoms with van der Waals surface area (Å²) in [6.45, 7) is 5.29. The zero-order valence-electron chi connectivity index (χ0n) is 18.3. The van der Waals surface area contributed by atoms with Crippen LogP contribution in [-0.4, -0.2) is 42.3 Å². The summed E-state index contributed by atoms with van der Waals surface area (Å²) in [6.07, 6.45) is 1.71. The number of hydrogen-bond acceptors (Lipinski definition) is 4. The first-order chi connectivity index (χ1) is 15.1. The molecule has 0 saturated carbocycles. The van der Waals surface area contributed by atoms with E-state index in [1.807, 2.05) is 17.0 Å². The number of carbonyl (C=O) groups excluding carboxylic acids is 1. The van der Waals surface area contributed by atoms with Crippen LogP contribution in [0.1, 0.15) is 47.8 Å². The highest BCUT2D eigenvalue weighted by Gasteiger charge is 2.34. The van der Waals surface area contributed by atoms with Gasteiger partial charge in [0.1, 0.15) is 0 Å². The summed E-state index contributed by atoms with van der Waals surface area (Å²) >= 11 is 0. The molecule has 0 bridgehead atoms. The van der Waals surface area contributed by atoms with Crippen molar-refractivity contribution in [3.8, 4) is 11.5 Å². The van der Waals surface area contributed by atoms with E-state index in [1.165, 1.54) is 16.3 Å². The molecule has 3 aromatic carbocycles. The maximum atomic E-state index is 13.5. The van der Waals surface area contributed by atoms with Crippen molar-refractivity contribution in [2.24, 2.45) is 0 Å². The standard InChI is InChI=1S/C26H28N2O3/c1-4-25(27(3)17(2)19-10-9-18-7-5-6-8-20(18)13-19)28-12-11-21-14-23-24(31-16-30-23)15-22(21)26(28)29/h5-10,13-15,17,25H,4,11-12,16H2,1-3H3. The molecule has 1 amide bonds. The number of benzene rings is 3. The Morgan fingerprint density at radius 2 is 1.77 bits per heavy atom. The summed E-state index contributed by atoms with van der Waals surface area (Å²) in [7, 11) is 2.12. The molecule has 0 radical (unpaired) electrons. The van der Waals surface area contributed by atoms with Gasteiger partial charge in [-0.05, 0) is 66.9 Å². The maximum Gasteiger partial charge on any atom is 0.255 e. The molecule has 2 heterocycles. The summed E-state index contributed by atoms with van der Waals surface area (Å²) in [4.78, 5) is 17.8. The Kier molecular flexibility index (Phi) is 5.06. The topological polar surface area (TPSA) is 42.0 Å². The van der Waals surface area contributed by atoms with Gasteiger partial charge < -0.3 is 14.4 Å². The van der Waals surface area contributed by atoms with Crippen LogP contribution in [0.5, 0.6) is 11.5 Å². The highest BCUT2D eigenvalue weighted by molar-refractivity contribution is 5.97. The van der Waals surface area contributed by atoms with Gasteiger partial charge in [-0.15, -0.1) is 0 Å². The first kappa shape index (κ1) is 19.9. The van der Waals surface area contributed by atoms with Crippen LogP contribution in [-0.2, 0) is 6.42 Å². The molecule has 5 heteroatoms. The molecular formula is C26H28N2O3. The van der Waals surface area contributed by atoms with Crippen LogP contribution in [0.3, 0.4) is 0 Å². The van der Waals surface area contributed by atoms with Gasteiger partial charge in [0, 0.05) is 18.2 Å². The van der Waals surface area contributed by atoms with Crippen molar-refractivity contribution in [2.75, 3.05) is 20.4 Å². The minimum atomic E-state index is 0.0209. The van der Waals surface area contributed by atoms with Gasteiger partial charge in [-0.3, -0.25) is 9.69 Å². The Labute approximate surface area is 183 Å². The molecule has 160 valence electrons. The molecular weight excluding hydrogens is 388 g/mol. The van der Waals surface area contributed by atoms with Crippen molar-refractivity contribution in [1.29, 1.82) is 0 Å². The highest BCUT2D eigenvalue weighted by Crippen LogP contribution is 2.37. The summed E-state index contributed by atoms with van der Waals surface area (Å²) in [5.74, 6) is 1.48. The third-order valence-electron chi connectivity index (χ3n) is 6.77. The van der Waals surface area contributed by atoms with E-state index in [0.717, 1.165) is 29.7 Å². The molecule has 31 heavy (non-hydrogen) atoms. The number of ether oxygens (including phenoxy) is 2. The van der Waals surface area contributed by atoms with Gasteiger partial charge in [-0.25, -0.2) is 0 Å². The van der Waals surface area contributed by atoms with Crippen molar-refractivity contribution in [1.82, 2.24) is 9.80 Å². The maximum absolute atomic E-state index is 13.5. The summed E-state index contributed by atoms with van der Waals surface area (Å²) in [5.41, 5.74) is 3.04. The third kappa shape index (κ3) is 3.43. The minimum absolute atomic E-state index is 0.0209. The third-order valence-corrected chi connectivity index (χ3v) is 6.77. The number of carbonyl (C=O) groups is 1. The normalized spacial score (nSPS) is 17.2. The lowest BCUT2D eigenvalue weighted by Crippen LogP contribution is -2.52. The van der Waals surface area contributed by atoms with Gasteiger partial charge in [0.15, 0.2) is 11.5 Å². The van der Waals surface area contributed by atoms with Gasteiger partial charge in [-0.1, -0.05) is 43.3 Å². The summed E-state index contributed by atoms with van der Waals surface area (Å²) < 4.78 is 11.0. The van der Waals surface area contributed by atoms with Crippen molar-refractivity contribution < 1.29 is 14.3 Å². The largest absolute Gasteiger partial charge is 0.454 e. The van der Waals surface area contributed by atoms with E-state index < -0.39 is 0 Å². The predicted octanol–water partition coefficient (Wildman–Crippen LogP) is 5.00. The van der Waals surface area contributed by atoms with Crippen LogP contribution in [0, 0.1) is 0 Å². The second-order valence-electron chi connectivity index (χ2n) is 8.45. The molecule has 2 aliphatic heterocycles. The molecule has 2 unspecified atom stereocenters. The SMILES string of the molecule is CCC(N1CCc2cc3c(cc2C1=O)OCO3)N(C)C(C)c1ccc2ccccc2c1. The van der Waals surface area contributed by atoms with Gasteiger partial charge in [0.2, 0.25) is 6.79 Å². The molecule has 0 aliphatic carbocycles. The lowest BCUT2D eigenvalue weighted by atomic mass is 9.96. The van der Waals surface area contributed by atoms with Gasteiger partial charge in [0.05, 0.1) is 6.17 Å². The number of amides is 1. The van der Waals surface area contributed by atoms with E-state index in [4.69, 9.17) is 9.47 Å². The van der Waals surface area contributed by atoms with E-state index in [9.17, 15) is 4.79 Å². The van der Waals surface area contributed by atoms with Crippen LogP contribution in [0.2, 0.25) is 0 Å². The molecule has 0 fully saturated rings. The van der Waals surface area contributed by atoms with Crippen LogP contribution in [0.15, 0.2) is 54.6 Å². The van der Waals surface area contributed by atoms with Gasteiger partial charge >= 0.3 is 0 Å². The van der Waals surface area contributed by atoms with Crippen LogP contribution < -0.4 is 9.47 Å². The van der Waals surface area contributed by atoms with Gasteiger partial charge in [0.25, 0.3) is 5.91 Å².